The van der Waals surface area contributed by atoms with E-state index in [4.69, 9.17) is 0 Å². The highest BCUT2D eigenvalue weighted by Gasteiger charge is 2.34. The first kappa shape index (κ1) is 22.2. The Kier molecular flexibility index (Phi) is 9.78. The number of hydrogen-bond acceptors (Lipinski definition) is 3. The second kappa shape index (κ2) is 10.1. The maximum Gasteiger partial charge on any atom is 0.240 e. The van der Waals surface area contributed by atoms with Gasteiger partial charge in [0, 0.05) is 6.54 Å². The van der Waals surface area contributed by atoms with E-state index in [1.807, 2.05) is 39.2 Å². The van der Waals surface area contributed by atoms with Gasteiger partial charge >= 0.3 is 0 Å². The zero-order valence-electron chi connectivity index (χ0n) is 14.2. The minimum atomic E-state index is -0.411. The Morgan fingerprint density at radius 1 is 1.26 bits per heavy atom. The standard InChI is InChI=1S/C17H27N3O.2ClH/c1-17(11-7-8-12-19-17)16(21)18-13-15(20(2)3)14-9-5-4-6-10-14;;/h4-6,9-10,15,19H,7-8,11-13H2,1-3H3,(H,18,21);2*1H. The van der Waals surface area contributed by atoms with Crippen molar-refractivity contribution in [1.29, 1.82) is 0 Å². The Morgan fingerprint density at radius 2 is 1.91 bits per heavy atom. The highest BCUT2D eigenvalue weighted by molar-refractivity contribution is 5.86. The van der Waals surface area contributed by atoms with Gasteiger partial charge in [-0.2, -0.15) is 0 Å². The summed E-state index contributed by atoms with van der Waals surface area (Å²) in [7, 11) is 4.09. The smallest absolute Gasteiger partial charge is 0.240 e. The summed E-state index contributed by atoms with van der Waals surface area (Å²) in [5.74, 6) is 0.116. The van der Waals surface area contributed by atoms with E-state index >= 15 is 0 Å². The molecule has 1 aromatic carbocycles. The van der Waals surface area contributed by atoms with E-state index in [1.54, 1.807) is 0 Å². The highest BCUT2D eigenvalue weighted by atomic mass is 35.5. The summed E-state index contributed by atoms with van der Waals surface area (Å²) in [6.45, 7) is 3.57. The molecule has 1 amide bonds. The summed E-state index contributed by atoms with van der Waals surface area (Å²) in [4.78, 5) is 14.6. The molecule has 2 rings (SSSR count). The molecule has 1 aromatic rings. The van der Waals surface area contributed by atoms with Gasteiger partial charge in [0.25, 0.3) is 0 Å². The molecule has 0 aromatic heterocycles. The van der Waals surface area contributed by atoms with Crippen molar-refractivity contribution in [2.24, 2.45) is 0 Å². The number of likely N-dealkylation sites (N-methyl/N-ethyl adjacent to an activating group) is 1. The van der Waals surface area contributed by atoms with Gasteiger partial charge < -0.3 is 15.5 Å². The molecule has 1 heterocycles. The van der Waals surface area contributed by atoms with Gasteiger partial charge in [0.15, 0.2) is 0 Å². The summed E-state index contributed by atoms with van der Waals surface area (Å²) in [6.07, 6.45) is 3.19. The van der Waals surface area contributed by atoms with Gasteiger partial charge in [-0.15, -0.1) is 24.8 Å². The van der Waals surface area contributed by atoms with Crippen LogP contribution in [0.5, 0.6) is 0 Å². The third kappa shape index (κ3) is 5.96. The van der Waals surface area contributed by atoms with Crippen molar-refractivity contribution >= 4 is 30.7 Å². The number of carbonyl (C=O) groups is 1. The largest absolute Gasteiger partial charge is 0.353 e. The lowest BCUT2D eigenvalue weighted by Crippen LogP contribution is -2.57. The van der Waals surface area contributed by atoms with Crippen LogP contribution in [0.3, 0.4) is 0 Å². The summed E-state index contributed by atoms with van der Waals surface area (Å²) < 4.78 is 0. The van der Waals surface area contributed by atoms with Gasteiger partial charge in [0.1, 0.15) is 0 Å². The number of halogens is 2. The van der Waals surface area contributed by atoms with Gasteiger partial charge in [0.05, 0.1) is 11.6 Å². The van der Waals surface area contributed by atoms with Crippen molar-refractivity contribution < 1.29 is 4.79 Å². The number of hydrogen-bond donors (Lipinski definition) is 2. The first-order valence-corrected chi connectivity index (χ1v) is 7.78. The monoisotopic (exact) mass is 361 g/mol. The second-order valence-corrected chi connectivity index (χ2v) is 6.32. The zero-order valence-corrected chi connectivity index (χ0v) is 15.8. The van der Waals surface area contributed by atoms with Gasteiger partial charge in [-0.1, -0.05) is 30.3 Å². The van der Waals surface area contributed by atoms with E-state index in [1.165, 1.54) is 5.56 Å². The number of nitrogens with zero attached hydrogens (tertiary/aromatic N) is 1. The fraction of sp³-hybridized carbons (Fsp3) is 0.588. The number of benzene rings is 1. The fourth-order valence-electron chi connectivity index (χ4n) is 2.91. The van der Waals surface area contributed by atoms with Crippen LogP contribution in [0.4, 0.5) is 0 Å². The third-order valence-corrected chi connectivity index (χ3v) is 4.38. The van der Waals surface area contributed by atoms with Gasteiger partial charge in [-0.3, -0.25) is 4.79 Å². The summed E-state index contributed by atoms with van der Waals surface area (Å²) in [5, 5.41) is 6.49. The molecule has 1 fully saturated rings. The van der Waals surface area contributed by atoms with Crippen molar-refractivity contribution in [2.75, 3.05) is 27.2 Å². The quantitative estimate of drug-likeness (QED) is 0.847. The van der Waals surface area contributed by atoms with E-state index in [0.717, 1.165) is 25.8 Å². The molecular formula is C17H29Cl2N3O. The van der Waals surface area contributed by atoms with Crippen molar-refractivity contribution in [3.05, 3.63) is 35.9 Å². The van der Waals surface area contributed by atoms with Crippen LogP contribution in [0.1, 0.15) is 37.8 Å². The summed E-state index contributed by atoms with van der Waals surface area (Å²) in [5.41, 5.74) is 0.816. The molecule has 132 valence electrons. The van der Waals surface area contributed by atoms with Crippen LogP contribution in [0.2, 0.25) is 0 Å². The Bertz CT molecular complexity index is 462. The fourth-order valence-corrected chi connectivity index (χ4v) is 2.91. The maximum absolute atomic E-state index is 12.5. The predicted octanol–water partition coefficient (Wildman–Crippen LogP) is 2.78. The number of rotatable bonds is 5. The van der Waals surface area contributed by atoms with E-state index in [0.29, 0.717) is 6.54 Å². The van der Waals surface area contributed by atoms with Gasteiger partial charge in [-0.25, -0.2) is 0 Å². The molecule has 6 heteroatoms. The Balaban J connectivity index is 0.00000242. The van der Waals surface area contributed by atoms with Crippen molar-refractivity contribution in [3.63, 3.8) is 0 Å². The molecule has 2 N–H and O–H groups in total. The lowest BCUT2D eigenvalue weighted by molar-refractivity contribution is -0.128. The van der Waals surface area contributed by atoms with Crippen molar-refractivity contribution in [2.45, 2.75) is 37.8 Å². The van der Waals surface area contributed by atoms with Crippen molar-refractivity contribution in [3.8, 4) is 0 Å². The number of amides is 1. The molecule has 0 spiro atoms. The average Bonchev–Trinajstić information content (AvgIpc) is 2.48. The molecule has 0 bridgehead atoms. The average molecular weight is 362 g/mol. The van der Waals surface area contributed by atoms with Gasteiger partial charge in [-0.05, 0) is 52.4 Å². The van der Waals surface area contributed by atoms with Crippen LogP contribution in [0.25, 0.3) is 0 Å². The number of piperidine rings is 1. The topological polar surface area (TPSA) is 44.4 Å². The Hall–Kier alpha value is -0.810. The summed E-state index contributed by atoms with van der Waals surface area (Å²) >= 11 is 0. The van der Waals surface area contributed by atoms with Crippen LogP contribution >= 0.6 is 24.8 Å². The van der Waals surface area contributed by atoms with E-state index < -0.39 is 5.54 Å². The van der Waals surface area contributed by atoms with E-state index in [9.17, 15) is 4.79 Å². The summed E-state index contributed by atoms with van der Waals surface area (Å²) in [6, 6.07) is 10.5. The van der Waals surface area contributed by atoms with Crippen molar-refractivity contribution in [1.82, 2.24) is 15.5 Å². The maximum atomic E-state index is 12.5. The molecule has 2 atom stereocenters. The van der Waals surface area contributed by atoms with Crippen LogP contribution < -0.4 is 10.6 Å². The lowest BCUT2D eigenvalue weighted by atomic mass is 9.90. The van der Waals surface area contributed by atoms with E-state index in [2.05, 4.69) is 27.7 Å². The Morgan fingerprint density at radius 3 is 2.43 bits per heavy atom. The molecule has 1 aliphatic rings. The highest BCUT2D eigenvalue weighted by Crippen LogP contribution is 2.20. The first-order chi connectivity index (χ1) is 10.0. The molecule has 1 aliphatic heterocycles. The number of carbonyl (C=O) groups excluding carboxylic acids is 1. The minimum Gasteiger partial charge on any atom is -0.353 e. The van der Waals surface area contributed by atoms with Crippen LogP contribution in [-0.4, -0.2) is 43.5 Å². The van der Waals surface area contributed by atoms with Gasteiger partial charge in [0.2, 0.25) is 5.91 Å². The normalized spacial score (nSPS) is 21.7. The van der Waals surface area contributed by atoms with Crippen LogP contribution in [0.15, 0.2) is 30.3 Å². The van der Waals surface area contributed by atoms with Crippen LogP contribution in [-0.2, 0) is 4.79 Å². The minimum absolute atomic E-state index is 0. The molecule has 0 aliphatic carbocycles. The molecule has 0 radical (unpaired) electrons. The lowest BCUT2D eigenvalue weighted by Gasteiger charge is -2.34. The third-order valence-electron chi connectivity index (χ3n) is 4.38. The second-order valence-electron chi connectivity index (χ2n) is 6.32. The zero-order chi connectivity index (χ0) is 15.3. The molecule has 1 saturated heterocycles. The molecular weight excluding hydrogens is 333 g/mol. The molecule has 23 heavy (non-hydrogen) atoms. The number of nitrogens with one attached hydrogen (secondary N) is 2. The molecule has 2 unspecified atom stereocenters. The first-order valence-electron chi connectivity index (χ1n) is 7.78. The Labute approximate surface area is 152 Å². The SMILES string of the molecule is CN(C)C(CNC(=O)C1(C)CCCCN1)c1ccccc1.Cl.Cl. The van der Waals surface area contributed by atoms with E-state index in [-0.39, 0.29) is 36.8 Å². The molecule has 0 saturated carbocycles. The van der Waals surface area contributed by atoms with Crippen LogP contribution in [0, 0.1) is 0 Å². The molecule has 4 nitrogen and oxygen atoms in total. The predicted molar refractivity (Wildman–Crippen MR) is 101 cm³/mol.